The van der Waals surface area contributed by atoms with Crippen molar-refractivity contribution in [2.45, 2.75) is 0 Å². The molecule has 2 heterocycles. The standard InChI is InChI=1S/C20H12ClFN6/c21-16-4-1-5-17(22)19(16)25-14-6-8-15(9-7-14)28-18(11-23)26-20(27-28)13-3-2-10-24-12-13/h1-10,12,25H. The van der Waals surface area contributed by atoms with Crippen molar-refractivity contribution in [1.82, 2.24) is 19.7 Å². The summed E-state index contributed by atoms with van der Waals surface area (Å²) in [4.78, 5) is 8.30. The molecule has 0 aliphatic heterocycles. The van der Waals surface area contributed by atoms with Crippen molar-refractivity contribution in [3.8, 4) is 23.1 Å². The van der Waals surface area contributed by atoms with Crippen LogP contribution in [-0.4, -0.2) is 19.7 Å². The minimum Gasteiger partial charge on any atom is -0.352 e. The summed E-state index contributed by atoms with van der Waals surface area (Å²) in [6.45, 7) is 0. The van der Waals surface area contributed by atoms with E-state index >= 15 is 0 Å². The Hall–Kier alpha value is -3.76. The van der Waals surface area contributed by atoms with Crippen molar-refractivity contribution in [3.63, 3.8) is 0 Å². The second-order valence-corrected chi connectivity index (χ2v) is 6.20. The SMILES string of the molecule is N#Cc1nc(-c2cccnc2)nn1-c1ccc(Nc2c(F)cccc2Cl)cc1. The van der Waals surface area contributed by atoms with E-state index in [1.54, 1.807) is 54.9 Å². The number of hydrogen-bond acceptors (Lipinski definition) is 5. The molecular weight excluding hydrogens is 379 g/mol. The molecule has 6 nitrogen and oxygen atoms in total. The number of rotatable bonds is 4. The maximum absolute atomic E-state index is 13.9. The van der Waals surface area contributed by atoms with Gasteiger partial charge in [-0.15, -0.1) is 5.10 Å². The quantitative estimate of drug-likeness (QED) is 0.544. The molecule has 136 valence electrons. The Morgan fingerprint density at radius 2 is 1.89 bits per heavy atom. The lowest BCUT2D eigenvalue weighted by Gasteiger charge is -2.10. The fourth-order valence-corrected chi connectivity index (χ4v) is 2.84. The van der Waals surface area contributed by atoms with Crippen molar-refractivity contribution in [3.05, 3.63) is 83.7 Å². The first kappa shape index (κ1) is 17.6. The number of benzene rings is 2. The summed E-state index contributed by atoms with van der Waals surface area (Å²) in [7, 11) is 0. The van der Waals surface area contributed by atoms with E-state index in [1.165, 1.54) is 10.7 Å². The number of para-hydroxylation sites is 1. The monoisotopic (exact) mass is 390 g/mol. The van der Waals surface area contributed by atoms with E-state index in [2.05, 4.69) is 20.4 Å². The zero-order valence-corrected chi connectivity index (χ0v) is 15.1. The maximum Gasteiger partial charge on any atom is 0.236 e. The van der Waals surface area contributed by atoms with Gasteiger partial charge in [-0.3, -0.25) is 4.98 Å². The molecule has 0 radical (unpaired) electrons. The molecule has 2 aromatic heterocycles. The first-order chi connectivity index (χ1) is 13.7. The Morgan fingerprint density at radius 3 is 2.57 bits per heavy atom. The van der Waals surface area contributed by atoms with Crippen molar-refractivity contribution in [2.75, 3.05) is 5.32 Å². The molecule has 0 bridgehead atoms. The molecule has 0 fully saturated rings. The van der Waals surface area contributed by atoms with Gasteiger partial charge in [-0.05, 0) is 48.5 Å². The molecule has 1 N–H and O–H groups in total. The van der Waals surface area contributed by atoms with E-state index < -0.39 is 5.82 Å². The third-order valence-electron chi connectivity index (χ3n) is 3.97. The van der Waals surface area contributed by atoms with Gasteiger partial charge < -0.3 is 5.32 Å². The fraction of sp³-hybridized carbons (Fsp3) is 0. The van der Waals surface area contributed by atoms with Crippen LogP contribution in [0, 0.1) is 17.1 Å². The van der Waals surface area contributed by atoms with Gasteiger partial charge in [0.05, 0.1) is 16.4 Å². The van der Waals surface area contributed by atoms with Gasteiger partial charge in [0, 0.05) is 23.6 Å². The summed E-state index contributed by atoms with van der Waals surface area (Å²) in [5, 5.41) is 17.0. The summed E-state index contributed by atoms with van der Waals surface area (Å²) in [6, 6.07) is 17.1. The molecule has 0 unspecified atom stereocenters. The van der Waals surface area contributed by atoms with Crippen LogP contribution in [0.25, 0.3) is 17.1 Å². The van der Waals surface area contributed by atoms with E-state index in [9.17, 15) is 9.65 Å². The van der Waals surface area contributed by atoms with Crippen molar-refractivity contribution < 1.29 is 4.39 Å². The zero-order chi connectivity index (χ0) is 19.5. The van der Waals surface area contributed by atoms with Crippen LogP contribution in [0.15, 0.2) is 67.0 Å². The second-order valence-electron chi connectivity index (χ2n) is 5.79. The lowest BCUT2D eigenvalue weighted by molar-refractivity contribution is 0.632. The van der Waals surface area contributed by atoms with Gasteiger partial charge in [0.1, 0.15) is 11.9 Å². The highest BCUT2D eigenvalue weighted by molar-refractivity contribution is 6.33. The normalized spacial score (nSPS) is 10.5. The predicted molar refractivity (Wildman–Crippen MR) is 104 cm³/mol. The minimum atomic E-state index is -0.444. The number of pyridine rings is 1. The maximum atomic E-state index is 13.9. The first-order valence-electron chi connectivity index (χ1n) is 8.25. The molecule has 4 rings (SSSR count). The van der Waals surface area contributed by atoms with Crippen molar-refractivity contribution >= 4 is 23.0 Å². The van der Waals surface area contributed by atoms with Crippen molar-refractivity contribution in [1.29, 1.82) is 5.26 Å². The molecule has 28 heavy (non-hydrogen) atoms. The third-order valence-corrected chi connectivity index (χ3v) is 4.29. The minimum absolute atomic E-state index is 0.150. The highest BCUT2D eigenvalue weighted by Gasteiger charge is 2.13. The summed E-state index contributed by atoms with van der Waals surface area (Å²) in [5.41, 5.74) is 2.20. The Bertz CT molecular complexity index is 1150. The van der Waals surface area contributed by atoms with E-state index in [4.69, 9.17) is 11.6 Å². The van der Waals surface area contributed by atoms with Gasteiger partial charge >= 0.3 is 0 Å². The van der Waals surface area contributed by atoms with E-state index in [0.29, 0.717) is 22.8 Å². The van der Waals surface area contributed by atoms with E-state index in [1.807, 2.05) is 12.1 Å². The smallest absolute Gasteiger partial charge is 0.236 e. The third kappa shape index (κ3) is 3.41. The fourth-order valence-electron chi connectivity index (χ4n) is 2.63. The van der Waals surface area contributed by atoms with Crippen molar-refractivity contribution in [2.24, 2.45) is 0 Å². The van der Waals surface area contributed by atoms with Crippen LogP contribution >= 0.6 is 11.6 Å². The van der Waals surface area contributed by atoms with Crippen LogP contribution in [-0.2, 0) is 0 Å². The lowest BCUT2D eigenvalue weighted by Crippen LogP contribution is -2.01. The average molecular weight is 391 g/mol. The number of hydrogen-bond donors (Lipinski definition) is 1. The summed E-state index contributed by atoms with van der Waals surface area (Å²) in [5.74, 6) is 0.113. The molecular formula is C20H12ClFN6. The number of nitrogens with one attached hydrogen (secondary N) is 1. The molecule has 0 aliphatic carbocycles. The summed E-state index contributed by atoms with van der Waals surface area (Å²) < 4.78 is 15.4. The highest BCUT2D eigenvalue weighted by Crippen LogP contribution is 2.28. The molecule has 0 saturated heterocycles. The number of halogens is 2. The number of nitrogens with zero attached hydrogens (tertiary/aromatic N) is 5. The molecule has 0 amide bonds. The van der Waals surface area contributed by atoms with Gasteiger partial charge in [-0.2, -0.15) is 10.2 Å². The first-order valence-corrected chi connectivity index (χ1v) is 8.62. The summed E-state index contributed by atoms with van der Waals surface area (Å²) in [6.07, 6.45) is 3.28. The molecule has 0 atom stereocenters. The van der Waals surface area contributed by atoms with Crippen LogP contribution in [0.5, 0.6) is 0 Å². The Balaban J connectivity index is 1.64. The summed E-state index contributed by atoms with van der Waals surface area (Å²) >= 11 is 6.04. The average Bonchev–Trinajstić information content (AvgIpc) is 3.16. The highest BCUT2D eigenvalue weighted by atomic mass is 35.5. The Labute approximate surface area is 164 Å². The second kappa shape index (κ2) is 7.47. The van der Waals surface area contributed by atoms with Crippen LogP contribution in [0.4, 0.5) is 15.8 Å². The molecule has 0 aliphatic rings. The lowest BCUT2D eigenvalue weighted by atomic mass is 10.2. The molecule has 0 saturated carbocycles. The van der Waals surface area contributed by atoms with Crippen LogP contribution in [0.1, 0.15) is 5.82 Å². The molecule has 4 aromatic rings. The largest absolute Gasteiger partial charge is 0.352 e. The van der Waals surface area contributed by atoms with Gasteiger partial charge in [-0.1, -0.05) is 17.7 Å². The number of nitriles is 1. The topological polar surface area (TPSA) is 79.4 Å². The van der Waals surface area contributed by atoms with Gasteiger partial charge in [0.25, 0.3) is 0 Å². The van der Waals surface area contributed by atoms with Crippen LogP contribution in [0.2, 0.25) is 5.02 Å². The number of aromatic nitrogens is 4. The number of anilines is 2. The van der Waals surface area contributed by atoms with Gasteiger partial charge in [0.15, 0.2) is 5.82 Å². The van der Waals surface area contributed by atoms with E-state index in [0.717, 1.165) is 0 Å². The van der Waals surface area contributed by atoms with E-state index in [-0.39, 0.29) is 16.5 Å². The van der Waals surface area contributed by atoms with Crippen LogP contribution in [0.3, 0.4) is 0 Å². The van der Waals surface area contributed by atoms with Gasteiger partial charge in [-0.25, -0.2) is 9.07 Å². The van der Waals surface area contributed by atoms with Crippen LogP contribution < -0.4 is 5.32 Å². The Morgan fingerprint density at radius 1 is 1.07 bits per heavy atom. The zero-order valence-electron chi connectivity index (χ0n) is 14.3. The van der Waals surface area contributed by atoms with Gasteiger partial charge in [0.2, 0.25) is 5.82 Å². The predicted octanol–water partition coefficient (Wildman–Crippen LogP) is 4.74. The molecule has 2 aromatic carbocycles. The molecule has 0 spiro atoms. The Kier molecular flexibility index (Phi) is 4.70. The molecule has 8 heteroatoms.